The number of benzene rings is 2. The highest BCUT2D eigenvalue weighted by Crippen LogP contribution is 2.13. The Balaban J connectivity index is 1.98. The number of fused-ring (bicyclic) bond motifs is 1. The molecule has 146 valence electrons. The lowest BCUT2D eigenvalue weighted by molar-refractivity contribution is -0.116. The molecule has 0 aliphatic rings. The molecule has 1 aromatic heterocycles. The summed E-state index contributed by atoms with van der Waals surface area (Å²) < 4.78 is 41.2. The number of nitrogens with zero attached hydrogens (tertiary/aromatic N) is 2. The van der Waals surface area contributed by atoms with Crippen LogP contribution in [0.25, 0.3) is 10.9 Å². The van der Waals surface area contributed by atoms with Crippen molar-refractivity contribution in [2.24, 2.45) is 5.92 Å². The van der Waals surface area contributed by atoms with Gasteiger partial charge in [-0.25, -0.2) is 22.8 Å². The van der Waals surface area contributed by atoms with Crippen LogP contribution in [-0.2, 0) is 17.6 Å². The molecule has 8 heteroatoms. The lowest BCUT2D eigenvalue weighted by Crippen LogP contribution is -2.37. The fourth-order valence-corrected chi connectivity index (χ4v) is 2.88. The summed E-state index contributed by atoms with van der Waals surface area (Å²) in [5.74, 6) is -2.43. The Kier molecular flexibility index (Phi) is 5.48. The molecule has 0 atom stereocenters. The molecule has 1 heterocycles. The van der Waals surface area contributed by atoms with Crippen LogP contribution in [0.1, 0.15) is 25.2 Å². The van der Waals surface area contributed by atoms with E-state index in [1.165, 1.54) is 12.1 Å². The average Bonchev–Trinajstić information content (AvgIpc) is 2.57. The maximum absolute atomic E-state index is 13.6. The third kappa shape index (κ3) is 4.39. The quantitative estimate of drug-likeness (QED) is 0.728. The van der Waals surface area contributed by atoms with Crippen LogP contribution in [0.2, 0.25) is 0 Å². The van der Waals surface area contributed by atoms with Crippen molar-refractivity contribution in [2.75, 3.05) is 5.43 Å². The number of carbonyl (C=O) groups is 1. The molecule has 1 amide bonds. The van der Waals surface area contributed by atoms with Crippen molar-refractivity contribution in [3.63, 3.8) is 0 Å². The van der Waals surface area contributed by atoms with Crippen molar-refractivity contribution in [1.82, 2.24) is 9.66 Å². The second-order valence-corrected chi connectivity index (χ2v) is 6.92. The first-order valence-electron chi connectivity index (χ1n) is 8.69. The number of amides is 1. The Hall–Kier alpha value is -3.16. The molecule has 1 N–H and O–H groups in total. The summed E-state index contributed by atoms with van der Waals surface area (Å²) in [5, 5.41) is 0.0182. The maximum atomic E-state index is 13.6. The molecule has 0 aliphatic carbocycles. The molecule has 0 saturated heterocycles. The van der Waals surface area contributed by atoms with Crippen LogP contribution in [0, 0.1) is 23.4 Å². The first-order chi connectivity index (χ1) is 13.2. The Bertz CT molecular complexity index is 1090. The van der Waals surface area contributed by atoms with E-state index in [1.54, 1.807) is 0 Å². The number of hydrogen-bond acceptors (Lipinski definition) is 3. The molecule has 0 radical (unpaired) electrons. The van der Waals surface area contributed by atoms with Gasteiger partial charge < -0.3 is 0 Å². The highest BCUT2D eigenvalue weighted by atomic mass is 19.1. The molecule has 0 spiro atoms. The lowest BCUT2D eigenvalue weighted by Gasteiger charge is -2.16. The van der Waals surface area contributed by atoms with E-state index in [1.807, 2.05) is 13.8 Å². The molecule has 2 aromatic carbocycles. The molecular weight excluding hydrogens is 371 g/mol. The molecule has 5 nitrogen and oxygen atoms in total. The van der Waals surface area contributed by atoms with Crippen molar-refractivity contribution in [2.45, 2.75) is 26.7 Å². The van der Waals surface area contributed by atoms with Crippen molar-refractivity contribution >= 4 is 16.8 Å². The van der Waals surface area contributed by atoms with Gasteiger partial charge >= 0.3 is 0 Å². The number of nitrogens with one attached hydrogen (secondary N) is 1. The summed E-state index contributed by atoms with van der Waals surface area (Å²) in [4.78, 5) is 29.5. The highest BCUT2D eigenvalue weighted by Gasteiger charge is 2.16. The van der Waals surface area contributed by atoms with E-state index < -0.39 is 28.9 Å². The zero-order valence-corrected chi connectivity index (χ0v) is 15.3. The van der Waals surface area contributed by atoms with Gasteiger partial charge in [0.25, 0.3) is 5.56 Å². The van der Waals surface area contributed by atoms with Gasteiger partial charge in [0, 0.05) is 12.5 Å². The SMILES string of the molecule is CC(C)Cc1nc2ccc(F)cc2c(=O)n1NC(=O)Cc1cc(F)cc(F)c1. The maximum Gasteiger partial charge on any atom is 0.280 e. The normalized spacial score (nSPS) is 11.2. The van der Waals surface area contributed by atoms with E-state index in [-0.39, 0.29) is 23.3 Å². The molecule has 0 saturated carbocycles. The smallest absolute Gasteiger partial charge is 0.273 e. The zero-order valence-electron chi connectivity index (χ0n) is 15.3. The van der Waals surface area contributed by atoms with Crippen molar-refractivity contribution < 1.29 is 18.0 Å². The standard InChI is InChI=1S/C20H18F3N3O2/c1-11(2)5-18-24-17-4-3-13(21)10-16(17)20(28)26(18)25-19(27)8-12-6-14(22)9-15(23)7-12/h3-4,6-7,9-11H,5,8H2,1-2H3,(H,25,27). The van der Waals surface area contributed by atoms with Gasteiger partial charge in [-0.1, -0.05) is 13.8 Å². The molecule has 28 heavy (non-hydrogen) atoms. The Morgan fingerprint density at radius 1 is 1.07 bits per heavy atom. The molecule has 3 aromatic rings. The van der Waals surface area contributed by atoms with Gasteiger partial charge in [0.05, 0.1) is 17.3 Å². The molecule has 3 rings (SSSR count). The fourth-order valence-electron chi connectivity index (χ4n) is 2.88. The molecule has 0 unspecified atom stereocenters. The monoisotopic (exact) mass is 389 g/mol. The summed E-state index contributed by atoms with van der Waals surface area (Å²) in [6.07, 6.45) is 0.0425. The topological polar surface area (TPSA) is 64.0 Å². The predicted octanol–water partition coefficient (Wildman–Crippen LogP) is 3.33. The molecule has 0 bridgehead atoms. The summed E-state index contributed by atoms with van der Waals surface area (Å²) >= 11 is 0. The van der Waals surface area contributed by atoms with Crippen LogP contribution in [0.4, 0.5) is 13.2 Å². The van der Waals surface area contributed by atoms with Crippen LogP contribution in [0.3, 0.4) is 0 Å². The summed E-state index contributed by atoms with van der Waals surface area (Å²) in [6.45, 7) is 3.84. The van der Waals surface area contributed by atoms with Gasteiger partial charge in [0.1, 0.15) is 23.3 Å². The minimum atomic E-state index is -0.802. The number of halogens is 3. The molecular formula is C20H18F3N3O2. The first-order valence-corrected chi connectivity index (χ1v) is 8.69. The Morgan fingerprint density at radius 2 is 1.75 bits per heavy atom. The van der Waals surface area contributed by atoms with Crippen molar-refractivity contribution in [3.05, 3.63) is 75.6 Å². The molecule has 0 fully saturated rings. The predicted molar refractivity (Wildman–Crippen MR) is 98.9 cm³/mol. The number of carbonyl (C=O) groups excluding carboxylic acids is 1. The zero-order chi connectivity index (χ0) is 20.4. The van der Waals surface area contributed by atoms with E-state index in [9.17, 15) is 22.8 Å². The van der Waals surface area contributed by atoms with E-state index in [4.69, 9.17) is 0 Å². The average molecular weight is 389 g/mol. The third-order valence-electron chi connectivity index (χ3n) is 4.01. The van der Waals surface area contributed by atoms with Gasteiger partial charge in [0.2, 0.25) is 5.91 Å². The fraction of sp³-hybridized carbons (Fsp3) is 0.250. The van der Waals surface area contributed by atoms with Crippen LogP contribution in [-0.4, -0.2) is 15.6 Å². The minimum absolute atomic E-state index is 0.0182. The Labute approximate surface area is 158 Å². The Morgan fingerprint density at radius 3 is 2.39 bits per heavy atom. The van der Waals surface area contributed by atoms with Gasteiger partial charge in [-0.05, 0) is 41.8 Å². The van der Waals surface area contributed by atoms with Crippen LogP contribution < -0.4 is 11.0 Å². The van der Waals surface area contributed by atoms with E-state index in [0.717, 1.165) is 22.9 Å². The van der Waals surface area contributed by atoms with Crippen molar-refractivity contribution in [1.29, 1.82) is 0 Å². The van der Waals surface area contributed by atoms with E-state index in [0.29, 0.717) is 23.8 Å². The number of rotatable bonds is 5. The van der Waals surface area contributed by atoms with Gasteiger partial charge in [0.15, 0.2) is 0 Å². The van der Waals surface area contributed by atoms with Gasteiger partial charge in [-0.3, -0.25) is 15.0 Å². The number of hydrogen-bond donors (Lipinski definition) is 1. The molecule has 0 aliphatic heterocycles. The second-order valence-electron chi connectivity index (χ2n) is 6.92. The highest BCUT2D eigenvalue weighted by molar-refractivity contribution is 5.86. The number of aromatic nitrogens is 2. The summed E-state index contributed by atoms with van der Waals surface area (Å²) in [6, 6.07) is 6.43. The third-order valence-corrected chi connectivity index (χ3v) is 4.01. The minimum Gasteiger partial charge on any atom is -0.273 e. The van der Waals surface area contributed by atoms with Crippen LogP contribution >= 0.6 is 0 Å². The van der Waals surface area contributed by atoms with Crippen molar-refractivity contribution in [3.8, 4) is 0 Å². The van der Waals surface area contributed by atoms with Crippen LogP contribution in [0.15, 0.2) is 41.2 Å². The largest absolute Gasteiger partial charge is 0.280 e. The van der Waals surface area contributed by atoms with Crippen LogP contribution in [0.5, 0.6) is 0 Å². The first kappa shape index (κ1) is 19.6. The van der Waals surface area contributed by atoms with E-state index in [2.05, 4.69) is 10.4 Å². The van der Waals surface area contributed by atoms with Gasteiger partial charge in [-0.2, -0.15) is 0 Å². The lowest BCUT2D eigenvalue weighted by atomic mass is 10.1. The summed E-state index contributed by atoms with van der Waals surface area (Å²) in [5.41, 5.74) is 2.23. The van der Waals surface area contributed by atoms with E-state index >= 15 is 0 Å². The van der Waals surface area contributed by atoms with Gasteiger partial charge in [-0.15, -0.1) is 0 Å². The second kappa shape index (κ2) is 7.84. The summed E-state index contributed by atoms with van der Waals surface area (Å²) in [7, 11) is 0.